The van der Waals surface area contributed by atoms with E-state index in [1.165, 1.54) is 30.2 Å². The molecule has 8 nitrogen and oxygen atoms in total. The lowest BCUT2D eigenvalue weighted by atomic mass is 9.83. The van der Waals surface area contributed by atoms with E-state index < -0.39 is 18.5 Å². The smallest absolute Gasteiger partial charge is 0.414 e. The molecule has 2 N–H and O–H groups in total. The first-order chi connectivity index (χ1) is 15.4. The maximum absolute atomic E-state index is 14.9. The number of benzene rings is 1. The van der Waals surface area contributed by atoms with Crippen molar-refractivity contribution in [3.05, 3.63) is 24.0 Å². The third-order valence-electron chi connectivity index (χ3n) is 6.45. The van der Waals surface area contributed by atoms with Gasteiger partial charge >= 0.3 is 6.09 Å². The van der Waals surface area contributed by atoms with Gasteiger partial charge in [-0.05, 0) is 24.1 Å². The first-order valence-corrected chi connectivity index (χ1v) is 11.5. The van der Waals surface area contributed by atoms with Gasteiger partial charge in [0.25, 0.3) is 0 Å². The lowest BCUT2D eigenvalue weighted by molar-refractivity contribution is -0.134. The Labute approximate surface area is 192 Å². The third kappa shape index (κ3) is 5.12. The number of hydrogen-bond donors (Lipinski definition) is 2. The highest BCUT2D eigenvalue weighted by molar-refractivity contribution is 7.80. The number of carbonyl (C=O) groups is 2. The Morgan fingerprint density at radius 2 is 2.00 bits per heavy atom. The number of carbonyl (C=O) groups excluding carboxylic acids is 2. The van der Waals surface area contributed by atoms with E-state index in [2.05, 4.69) is 5.32 Å². The lowest BCUT2D eigenvalue weighted by Crippen LogP contribution is -2.49. The van der Waals surface area contributed by atoms with Gasteiger partial charge < -0.3 is 25.0 Å². The molecule has 0 spiro atoms. The molecule has 0 aromatic heterocycles. The summed E-state index contributed by atoms with van der Waals surface area (Å²) in [7, 11) is 0. The Morgan fingerprint density at radius 1 is 1.25 bits per heavy atom. The monoisotopic (exact) mass is 464 g/mol. The zero-order valence-corrected chi connectivity index (χ0v) is 18.8. The number of anilines is 2. The van der Waals surface area contributed by atoms with Crippen LogP contribution in [-0.4, -0.2) is 79.0 Å². The zero-order chi connectivity index (χ0) is 22.7. The van der Waals surface area contributed by atoms with Gasteiger partial charge in [0.05, 0.1) is 29.5 Å². The predicted molar refractivity (Wildman–Crippen MR) is 122 cm³/mol. The van der Waals surface area contributed by atoms with E-state index in [4.69, 9.17) is 22.1 Å². The van der Waals surface area contributed by atoms with Crippen molar-refractivity contribution in [2.45, 2.75) is 31.8 Å². The standard InChI is InChI=1S/C22H29FN4O4S/c23-18-11-16(4-5-19(18)25-6-8-26(9-7-25)21(29)14-28)27-13-17(31-22(27)30)12-24-20(32)10-15-2-1-3-15/h4-5,11,15,17,28H,1-3,6-10,12-14H2,(H,24,32). The number of piperazine rings is 1. The summed E-state index contributed by atoms with van der Waals surface area (Å²) in [5, 5.41) is 12.2. The van der Waals surface area contributed by atoms with Crippen LogP contribution in [0.4, 0.5) is 20.6 Å². The molecule has 1 atom stereocenters. The van der Waals surface area contributed by atoms with Crippen LogP contribution in [0.15, 0.2) is 18.2 Å². The molecule has 4 rings (SSSR count). The second-order valence-electron chi connectivity index (χ2n) is 8.58. The number of rotatable bonds is 7. The molecule has 1 aliphatic carbocycles. The fourth-order valence-electron chi connectivity index (χ4n) is 4.31. The number of nitrogens with one attached hydrogen (secondary N) is 1. The maximum Gasteiger partial charge on any atom is 0.414 e. The van der Waals surface area contributed by atoms with E-state index in [1.807, 2.05) is 4.90 Å². The molecule has 2 aliphatic heterocycles. The summed E-state index contributed by atoms with van der Waals surface area (Å²) >= 11 is 5.39. The number of halogens is 1. The summed E-state index contributed by atoms with van der Waals surface area (Å²) in [6.07, 6.45) is 3.77. The van der Waals surface area contributed by atoms with E-state index in [9.17, 15) is 14.0 Å². The average Bonchev–Trinajstić information content (AvgIpc) is 3.15. The Kier molecular flexibility index (Phi) is 7.10. The van der Waals surface area contributed by atoms with Crippen molar-refractivity contribution in [3.8, 4) is 0 Å². The molecule has 1 aromatic rings. The molecule has 10 heteroatoms. The summed E-state index contributed by atoms with van der Waals surface area (Å²) in [4.78, 5) is 29.6. The topological polar surface area (TPSA) is 85.3 Å². The highest BCUT2D eigenvalue weighted by atomic mass is 32.1. The Balaban J connectivity index is 1.31. The lowest BCUT2D eigenvalue weighted by Gasteiger charge is -2.36. The Bertz CT molecular complexity index is 873. The third-order valence-corrected chi connectivity index (χ3v) is 6.76. The molecule has 0 bridgehead atoms. The van der Waals surface area contributed by atoms with Crippen LogP contribution in [0.5, 0.6) is 0 Å². The van der Waals surface area contributed by atoms with Gasteiger partial charge in [0.15, 0.2) is 0 Å². The molecule has 174 valence electrons. The van der Waals surface area contributed by atoms with Crippen LogP contribution >= 0.6 is 12.2 Å². The minimum atomic E-state index is -0.516. The number of cyclic esters (lactones) is 1. The second kappa shape index (κ2) is 9.99. The number of ether oxygens (including phenoxy) is 1. The predicted octanol–water partition coefficient (Wildman–Crippen LogP) is 1.90. The van der Waals surface area contributed by atoms with E-state index in [-0.39, 0.29) is 12.0 Å². The first kappa shape index (κ1) is 22.7. The average molecular weight is 465 g/mol. The molecular weight excluding hydrogens is 435 g/mol. The van der Waals surface area contributed by atoms with Gasteiger partial charge in [0, 0.05) is 32.6 Å². The molecule has 2 heterocycles. The Morgan fingerprint density at radius 3 is 2.62 bits per heavy atom. The number of nitrogens with zero attached hydrogens (tertiary/aromatic N) is 3. The molecule has 3 fully saturated rings. The molecular formula is C22H29FN4O4S. The quantitative estimate of drug-likeness (QED) is 0.596. The Hall–Kier alpha value is -2.46. The normalized spacial score (nSPS) is 21.4. The largest absolute Gasteiger partial charge is 0.442 e. The van der Waals surface area contributed by atoms with Gasteiger partial charge in [-0.2, -0.15) is 0 Å². The van der Waals surface area contributed by atoms with Crippen LogP contribution in [0.25, 0.3) is 0 Å². The second-order valence-corrected chi connectivity index (χ2v) is 9.08. The van der Waals surface area contributed by atoms with Crippen molar-refractivity contribution in [2.75, 3.05) is 55.7 Å². The number of thiocarbonyl (C=S) groups is 1. The fourth-order valence-corrected chi connectivity index (χ4v) is 4.63. The SMILES string of the molecule is O=C(CO)N1CCN(c2ccc(N3CC(CNC(=S)CC4CCC4)OC3=O)cc2F)CC1. The number of amides is 2. The number of aliphatic hydroxyl groups excluding tert-OH is 1. The van der Waals surface area contributed by atoms with Crippen LogP contribution in [0.2, 0.25) is 0 Å². The van der Waals surface area contributed by atoms with E-state index in [1.54, 1.807) is 17.0 Å². The molecule has 1 saturated carbocycles. The minimum Gasteiger partial charge on any atom is -0.442 e. The van der Waals surface area contributed by atoms with Crippen molar-refractivity contribution in [3.63, 3.8) is 0 Å². The van der Waals surface area contributed by atoms with Crippen LogP contribution in [0, 0.1) is 11.7 Å². The van der Waals surface area contributed by atoms with Crippen LogP contribution in [0.1, 0.15) is 25.7 Å². The minimum absolute atomic E-state index is 0.319. The molecule has 2 amide bonds. The zero-order valence-electron chi connectivity index (χ0n) is 18.0. The van der Waals surface area contributed by atoms with Crippen LogP contribution in [0.3, 0.4) is 0 Å². The van der Waals surface area contributed by atoms with Gasteiger partial charge in [-0.25, -0.2) is 9.18 Å². The van der Waals surface area contributed by atoms with Crippen molar-refractivity contribution < 1.29 is 23.8 Å². The van der Waals surface area contributed by atoms with Crippen molar-refractivity contribution >= 4 is 40.6 Å². The highest BCUT2D eigenvalue weighted by Gasteiger charge is 2.33. The summed E-state index contributed by atoms with van der Waals surface area (Å²) in [6.45, 7) is 2.07. The summed E-state index contributed by atoms with van der Waals surface area (Å²) in [5.41, 5.74) is 0.877. The van der Waals surface area contributed by atoms with Crippen LogP contribution < -0.4 is 15.1 Å². The van der Waals surface area contributed by atoms with E-state index in [0.29, 0.717) is 56.6 Å². The van der Waals surface area contributed by atoms with Crippen LogP contribution in [-0.2, 0) is 9.53 Å². The highest BCUT2D eigenvalue weighted by Crippen LogP contribution is 2.30. The maximum atomic E-state index is 14.9. The van der Waals surface area contributed by atoms with Gasteiger partial charge in [-0.1, -0.05) is 31.5 Å². The van der Waals surface area contributed by atoms with Gasteiger partial charge in [0.2, 0.25) is 5.91 Å². The van der Waals surface area contributed by atoms with Crippen molar-refractivity contribution in [1.29, 1.82) is 0 Å². The molecule has 1 aromatic carbocycles. The number of hydrogen-bond acceptors (Lipinski definition) is 6. The molecule has 3 aliphatic rings. The van der Waals surface area contributed by atoms with E-state index in [0.717, 1.165) is 11.4 Å². The summed E-state index contributed by atoms with van der Waals surface area (Å²) in [5.74, 6) is -0.0707. The molecule has 0 radical (unpaired) electrons. The number of aliphatic hydroxyl groups is 1. The van der Waals surface area contributed by atoms with Crippen molar-refractivity contribution in [1.82, 2.24) is 10.2 Å². The van der Waals surface area contributed by atoms with E-state index >= 15 is 0 Å². The van der Waals surface area contributed by atoms with Gasteiger partial charge in [-0.15, -0.1) is 0 Å². The van der Waals surface area contributed by atoms with Gasteiger partial charge in [0.1, 0.15) is 18.5 Å². The summed E-state index contributed by atoms with van der Waals surface area (Å²) in [6, 6.07) is 4.71. The van der Waals surface area contributed by atoms with Gasteiger partial charge in [-0.3, -0.25) is 9.69 Å². The molecule has 2 saturated heterocycles. The van der Waals surface area contributed by atoms with Crippen molar-refractivity contribution in [2.24, 2.45) is 5.92 Å². The molecule has 32 heavy (non-hydrogen) atoms. The first-order valence-electron chi connectivity index (χ1n) is 11.1. The molecule has 1 unspecified atom stereocenters. The summed E-state index contributed by atoms with van der Waals surface area (Å²) < 4.78 is 20.3. The fraction of sp³-hybridized carbons (Fsp3) is 0.591.